The van der Waals surface area contributed by atoms with Crippen LogP contribution in [-0.2, 0) is 0 Å². The van der Waals surface area contributed by atoms with Crippen LogP contribution < -0.4 is 5.32 Å². The second-order valence-electron chi connectivity index (χ2n) is 4.10. The van der Waals surface area contributed by atoms with Gasteiger partial charge >= 0.3 is 0 Å². The number of pyridine rings is 1. The Bertz CT molecular complexity index is 418. The molecule has 86 valence electrons. The van der Waals surface area contributed by atoms with E-state index in [-0.39, 0.29) is 17.1 Å². The average molecular weight is 259 g/mol. The van der Waals surface area contributed by atoms with Crippen LogP contribution in [0.15, 0.2) is 12.3 Å². The van der Waals surface area contributed by atoms with Crippen LogP contribution in [0.5, 0.6) is 0 Å². The normalized spacial score (nSPS) is 16.9. The van der Waals surface area contributed by atoms with Crippen LogP contribution in [0.25, 0.3) is 0 Å². The smallest absolute Gasteiger partial charge is 0.253 e. The number of aromatic nitrogens is 1. The highest BCUT2D eigenvalue weighted by atomic mass is 35.5. The first-order chi connectivity index (χ1) is 7.58. The van der Waals surface area contributed by atoms with Crippen LogP contribution >= 0.6 is 23.2 Å². The van der Waals surface area contributed by atoms with Crippen LogP contribution in [0.1, 0.15) is 30.1 Å². The zero-order valence-electron chi connectivity index (χ0n) is 8.84. The standard InChI is InChI=1S/C11H12Cl2N2O/c1-6(7-2-3-7)15-11(16)8-4-9(12)10(13)14-5-8/h4-7H,2-3H2,1H3,(H,15,16). The molecule has 0 spiro atoms. The molecule has 3 nitrogen and oxygen atoms in total. The lowest BCUT2D eigenvalue weighted by Crippen LogP contribution is -2.34. The van der Waals surface area contributed by atoms with Gasteiger partial charge in [-0.1, -0.05) is 23.2 Å². The second kappa shape index (κ2) is 4.60. The highest BCUT2D eigenvalue weighted by Gasteiger charge is 2.29. The molecule has 1 aromatic heterocycles. The molecule has 1 atom stereocenters. The van der Waals surface area contributed by atoms with E-state index >= 15 is 0 Å². The van der Waals surface area contributed by atoms with Crippen molar-refractivity contribution in [2.45, 2.75) is 25.8 Å². The minimum absolute atomic E-state index is 0.148. The molecule has 5 heteroatoms. The van der Waals surface area contributed by atoms with Gasteiger partial charge in [-0.15, -0.1) is 0 Å². The molecule has 0 aliphatic heterocycles. The van der Waals surface area contributed by atoms with Gasteiger partial charge in [-0.3, -0.25) is 4.79 Å². The number of halogens is 2. The van der Waals surface area contributed by atoms with Crippen LogP contribution in [0, 0.1) is 5.92 Å². The van der Waals surface area contributed by atoms with Gasteiger partial charge in [-0.05, 0) is 31.7 Å². The molecular formula is C11H12Cl2N2O. The molecule has 1 unspecified atom stereocenters. The Kier molecular flexibility index (Phi) is 3.36. The number of amides is 1. The summed E-state index contributed by atoms with van der Waals surface area (Å²) in [5.74, 6) is 0.477. The van der Waals surface area contributed by atoms with Gasteiger partial charge in [0.1, 0.15) is 5.15 Å². The fourth-order valence-corrected chi connectivity index (χ4v) is 1.82. The van der Waals surface area contributed by atoms with E-state index in [0.29, 0.717) is 16.5 Å². The summed E-state index contributed by atoms with van der Waals surface area (Å²) in [6.07, 6.45) is 3.82. The van der Waals surface area contributed by atoms with Crippen molar-refractivity contribution in [3.8, 4) is 0 Å². The monoisotopic (exact) mass is 258 g/mol. The number of rotatable bonds is 3. The zero-order valence-corrected chi connectivity index (χ0v) is 10.3. The van der Waals surface area contributed by atoms with Crippen molar-refractivity contribution >= 4 is 29.1 Å². The number of hydrogen-bond acceptors (Lipinski definition) is 2. The molecule has 1 amide bonds. The Morgan fingerprint density at radius 3 is 2.81 bits per heavy atom. The lowest BCUT2D eigenvalue weighted by molar-refractivity contribution is 0.0935. The van der Waals surface area contributed by atoms with Crippen molar-refractivity contribution in [1.29, 1.82) is 0 Å². The predicted molar refractivity (Wildman–Crippen MR) is 63.9 cm³/mol. The fraction of sp³-hybridized carbons (Fsp3) is 0.455. The maximum atomic E-state index is 11.8. The Hall–Kier alpha value is -0.800. The van der Waals surface area contributed by atoms with E-state index in [0.717, 1.165) is 0 Å². The molecule has 1 N–H and O–H groups in total. The maximum Gasteiger partial charge on any atom is 0.253 e. The maximum absolute atomic E-state index is 11.8. The van der Waals surface area contributed by atoms with Crippen LogP contribution in [0.2, 0.25) is 10.2 Å². The molecule has 1 aromatic rings. The molecule has 1 fully saturated rings. The van der Waals surface area contributed by atoms with Gasteiger partial charge in [0.05, 0.1) is 10.6 Å². The quantitative estimate of drug-likeness (QED) is 0.848. The van der Waals surface area contributed by atoms with Crippen LogP contribution in [-0.4, -0.2) is 16.9 Å². The number of carbonyl (C=O) groups is 1. The summed E-state index contributed by atoms with van der Waals surface area (Å²) in [5.41, 5.74) is 0.446. The Morgan fingerprint density at radius 2 is 2.25 bits per heavy atom. The first kappa shape index (κ1) is 11.7. The molecule has 1 aliphatic rings. The molecule has 1 saturated carbocycles. The van der Waals surface area contributed by atoms with Crippen molar-refractivity contribution < 1.29 is 4.79 Å². The Labute approximate surface area is 104 Å². The first-order valence-corrected chi connectivity index (χ1v) is 5.95. The van der Waals surface area contributed by atoms with Crippen LogP contribution in [0.3, 0.4) is 0 Å². The van der Waals surface area contributed by atoms with Gasteiger partial charge < -0.3 is 5.32 Å². The van der Waals surface area contributed by atoms with Crippen molar-refractivity contribution in [3.63, 3.8) is 0 Å². The second-order valence-corrected chi connectivity index (χ2v) is 4.86. The van der Waals surface area contributed by atoms with E-state index in [9.17, 15) is 4.79 Å². The van der Waals surface area contributed by atoms with E-state index in [1.165, 1.54) is 25.1 Å². The van der Waals surface area contributed by atoms with Crippen molar-refractivity contribution in [3.05, 3.63) is 28.0 Å². The summed E-state index contributed by atoms with van der Waals surface area (Å²) in [6, 6.07) is 1.74. The lowest BCUT2D eigenvalue weighted by Gasteiger charge is -2.12. The molecule has 1 heterocycles. The fourth-order valence-electron chi connectivity index (χ4n) is 1.55. The largest absolute Gasteiger partial charge is 0.349 e. The highest BCUT2D eigenvalue weighted by molar-refractivity contribution is 6.41. The highest BCUT2D eigenvalue weighted by Crippen LogP contribution is 2.32. The Morgan fingerprint density at radius 1 is 1.56 bits per heavy atom. The number of carbonyl (C=O) groups excluding carboxylic acids is 1. The summed E-state index contributed by atoms with van der Waals surface area (Å²) in [6.45, 7) is 2.01. The molecule has 0 radical (unpaired) electrons. The number of nitrogens with one attached hydrogen (secondary N) is 1. The summed E-state index contributed by atoms with van der Waals surface area (Å²) >= 11 is 11.5. The van der Waals surface area contributed by atoms with Crippen molar-refractivity contribution in [2.24, 2.45) is 5.92 Å². The minimum Gasteiger partial charge on any atom is -0.349 e. The minimum atomic E-state index is -0.148. The van der Waals surface area contributed by atoms with Gasteiger partial charge in [-0.2, -0.15) is 0 Å². The van der Waals surface area contributed by atoms with Gasteiger partial charge in [-0.25, -0.2) is 4.98 Å². The van der Waals surface area contributed by atoms with Gasteiger partial charge in [0.15, 0.2) is 0 Å². The SMILES string of the molecule is CC(NC(=O)c1cnc(Cl)c(Cl)c1)C1CC1. The van der Waals surface area contributed by atoms with Crippen molar-refractivity contribution in [1.82, 2.24) is 10.3 Å². The van der Waals surface area contributed by atoms with Crippen LogP contribution in [0.4, 0.5) is 0 Å². The van der Waals surface area contributed by atoms with Gasteiger partial charge in [0.25, 0.3) is 5.91 Å². The number of hydrogen-bond donors (Lipinski definition) is 1. The summed E-state index contributed by atoms with van der Waals surface area (Å²) in [7, 11) is 0. The third-order valence-electron chi connectivity index (χ3n) is 2.75. The third kappa shape index (κ3) is 2.66. The molecule has 0 aromatic carbocycles. The lowest BCUT2D eigenvalue weighted by atomic mass is 10.2. The summed E-state index contributed by atoms with van der Waals surface area (Å²) in [4.78, 5) is 15.6. The van der Waals surface area contributed by atoms with E-state index < -0.39 is 0 Å². The zero-order chi connectivity index (χ0) is 11.7. The summed E-state index contributed by atoms with van der Waals surface area (Å²) in [5, 5.41) is 3.44. The van der Waals surface area contributed by atoms with Gasteiger partial charge in [0.2, 0.25) is 0 Å². The average Bonchev–Trinajstić information content (AvgIpc) is 3.05. The van der Waals surface area contributed by atoms with E-state index in [4.69, 9.17) is 23.2 Å². The first-order valence-electron chi connectivity index (χ1n) is 5.20. The molecule has 2 rings (SSSR count). The molecule has 16 heavy (non-hydrogen) atoms. The molecule has 0 saturated heterocycles. The topological polar surface area (TPSA) is 42.0 Å². The molecular weight excluding hydrogens is 247 g/mol. The van der Waals surface area contributed by atoms with Crippen molar-refractivity contribution in [2.75, 3.05) is 0 Å². The summed E-state index contributed by atoms with van der Waals surface area (Å²) < 4.78 is 0. The van der Waals surface area contributed by atoms with E-state index in [1.54, 1.807) is 0 Å². The van der Waals surface area contributed by atoms with Gasteiger partial charge in [0, 0.05) is 12.2 Å². The number of nitrogens with zero attached hydrogens (tertiary/aromatic N) is 1. The van der Waals surface area contributed by atoms with E-state index in [1.807, 2.05) is 6.92 Å². The van der Waals surface area contributed by atoms with E-state index in [2.05, 4.69) is 10.3 Å². The molecule has 1 aliphatic carbocycles. The Balaban J connectivity index is 2.05. The predicted octanol–water partition coefficient (Wildman–Crippen LogP) is 2.92. The third-order valence-corrected chi connectivity index (χ3v) is 3.43. The molecule has 0 bridgehead atoms.